The van der Waals surface area contributed by atoms with Crippen molar-refractivity contribution in [2.24, 2.45) is 0 Å². The van der Waals surface area contributed by atoms with Crippen LogP contribution in [0.1, 0.15) is 28.4 Å². The molecule has 1 fully saturated rings. The molecule has 1 amide bonds. The van der Waals surface area contributed by atoms with Crippen molar-refractivity contribution in [2.45, 2.75) is 12.3 Å². The molecule has 142 valence electrons. The summed E-state index contributed by atoms with van der Waals surface area (Å²) in [6, 6.07) is 11.0. The number of nitrogens with zero attached hydrogens (tertiary/aromatic N) is 4. The molecular formula is C21H21N5O2. The second-order valence-corrected chi connectivity index (χ2v) is 6.76. The van der Waals surface area contributed by atoms with Gasteiger partial charge in [0.1, 0.15) is 17.9 Å². The zero-order valence-corrected chi connectivity index (χ0v) is 15.6. The highest BCUT2D eigenvalue weighted by Gasteiger charge is 2.30. The van der Waals surface area contributed by atoms with Gasteiger partial charge in [-0.05, 0) is 42.3 Å². The van der Waals surface area contributed by atoms with Crippen molar-refractivity contribution in [1.82, 2.24) is 19.9 Å². The van der Waals surface area contributed by atoms with Gasteiger partial charge in [-0.1, -0.05) is 6.07 Å². The van der Waals surface area contributed by atoms with E-state index in [2.05, 4.69) is 15.0 Å². The number of methoxy groups -OCH3 is 1. The highest BCUT2D eigenvalue weighted by atomic mass is 16.5. The molecule has 4 rings (SSSR count). The number of nitrogen functional groups attached to an aromatic ring is 1. The summed E-state index contributed by atoms with van der Waals surface area (Å²) in [5.74, 6) is 1.27. The molecule has 0 bridgehead atoms. The number of benzene rings is 1. The van der Waals surface area contributed by atoms with E-state index in [0.717, 1.165) is 23.2 Å². The predicted molar refractivity (Wildman–Crippen MR) is 106 cm³/mol. The molecule has 1 unspecified atom stereocenters. The average Bonchev–Trinajstić information content (AvgIpc) is 3.23. The number of carbonyl (C=O) groups is 1. The van der Waals surface area contributed by atoms with Gasteiger partial charge >= 0.3 is 0 Å². The van der Waals surface area contributed by atoms with Gasteiger partial charge in [0.15, 0.2) is 0 Å². The molecule has 0 aliphatic carbocycles. The van der Waals surface area contributed by atoms with Gasteiger partial charge in [0.2, 0.25) is 0 Å². The third-order valence-corrected chi connectivity index (χ3v) is 5.01. The van der Waals surface area contributed by atoms with E-state index >= 15 is 0 Å². The first-order valence-corrected chi connectivity index (χ1v) is 9.11. The Kier molecular flexibility index (Phi) is 4.89. The molecule has 7 nitrogen and oxygen atoms in total. The van der Waals surface area contributed by atoms with Crippen LogP contribution in [0.15, 0.2) is 55.1 Å². The largest absolute Gasteiger partial charge is 0.497 e. The summed E-state index contributed by atoms with van der Waals surface area (Å²) in [5, 5.41) is 0. The van der Waals surface area contributed by atoms with Crippen molar-refractivity contribution in [1.29, 1.82) is 0 Å². The first kappa shape index (κ1) is 17.9. The summed E-state index contributed by atoms with van der Waals surface area (Å²) in [4.78, 5) is 27.5. The fourth-order valence-corrected chi connectivity index (χ4v) is 3.61. The van der Waals surface area contributed by atoms with Crippen molar-refractivity contribution >= 4 is 11.7 Å². The number of likely N-dealkylation sites (tertiary alicyclic amines) is 1. The monoisotopic (exact) mass is 375 g/mol. The normalized spacial score (nSPS) is 16.2. The molecule has 1 atom stereocenters. The fraction of sp³-hybridized carbons (Fsp3) is 0.238. The number of rotatable bonds is 4. The van der Waals surface area contributed by atoms with Crippen molar-refractivity contribution in [3.8, 4) is 16.9 Å². The first-order chi connectivity index (χ1) is 13.7. The van der Waals surface area contributed by atoms with E-state index in [9.17, 15) is 4.79 Å². The van der Waals surface area contributed by atoms with Crippen LogP contribution in [0.3, 0.4) is 0 Å². The average molecular weight is 375 g/mol. The van der Waals surface area contributed by atoms with Gasteiger partial charge < -0.3 is 15.4 Å². The van der Waals surface area contributed by atoms with Gasteiger partial charge in [-0.25, -0.2) is 15.0 Å². The van der Waals surface area contributed by atoms with Crippen LogP contribution in [0.25, 0.3) is 11.1 Å². The molecule has 1 aromatic carbocycles. The van der Waals surface area contributed by atoms with Crippen LogP contribution in [0, 0.1) is 0 Å². The third-order valence-electron chi connectivity index (χ3n) is 5.01. The number of amides is 1. The number of anilines is 1. The van der Waals surface area contributed by atoms with E-state index in [1.165, 1.54) is 0 Å². The minimum absolute atomic E-state index is 0.00478. The number of carbonyl (C=O) groups excluding carboxylic acids is 1. The van der Waals surface area contributed by atoms with Crippen LogP contribution in [0.2, 0.25) is 0 Å². The molecule has 7 heteroatoms. The van der Waals surface area contributed by atoms with Crippen molar-refractivity contribution in [3.63, 3.8) is 0 Å². The van der Waals surface area contributed by atoms with Crippen LogP contribution in [-0.2, 0) is 0 Å². The quantitative estimate of drug-likeness (QED) is 0.753. The molecule has 0 radical (unpaired) electrons. The standard InChI is InChI=1S/C21H21N5O2/c1-28-17-4-2-3-15(9-17)21(27)26-8-6-16(12-26)20-18(11-23-13-25-20)14-5-7-24-19(22)10-14/h2-5,7,9-11,13,16H,6,8,12H2,1H3,(H2,22,24). The Hall–Kier alpha value is -3.48. The first-order valence-electron chi connectivity index (χ1n) is 9.11. The van der Waals surface area contributed by atoms with Crippen molar-refractivity contribution < 1.29 is 9.53 Å². The Balaban J connectivity index is 1.57. The van der Waals surface area contributed by atoms with E-state index in [-0.39, 0.29) is 11.8 Å². The molecule has 3 aromatic rings. The van der Waals surface area contributed by atoms with Gasteiger partial charge in [0, 0.05) is 42.5 Å². The zero-order chi connectivity index (χ0) is 19.5. The Morgan fingerprint density at radius 1 is 1.25 bits per heavy atom. The topological polar surface area (TPSA) is 94.2 Å². The van der Waals surface area contributed by atoms with Crippen LogP contribution < -0.4 is 10.5 Å². The van der Waals surface area contributed by atoms with Crippen molar-refractivity contribution in [3.05, 3.63) is 66.4 Å². The van der Waals surface area contributed by atoms with Crippen molar-refractivity contribution in [2.75, 3.05) is 25.9 Å². The highest BCUT2D eigenvalue weighted by Crippen LogP contribution is 2.33. The minimum Gasteiger partial charge on any atom is -0.497 e. The van der Waals surface area contributed by atoms with Gasteiger partial charge in [0.25, 0.3) is 5.91 Å². The summed E-state index contributed by atoms with van der Waals surface area (Å²) < 4.78 is 5.23. The maximum atomic E-state index is 12.9. The summed E-state index contributed by atoms with van der Waals surface area (Å²) in [6.07, 6.45) is 5.87. The maximum absolute atomic E-state index is 12.9. The summed E-state index contributed by atoms with van der Waals surface area (Å²) in [7, 11) is 1.60. The molecule has 2 aromatic heterocycles. The van der Waals surface area contributed by atoms with E-state index < -0.39 is 0 Å². The second kappa shape index (κ2) is 7.64. The lowest BCUT2D eigenvalue weighted by molar-refractivity contribution is 0.0790. The molecule has 28 heavy (non-hydrogen) atoms. The fourth-order valence-electron chi connectivity index (χ4n) is 3.61. The summed E-state index contributed by atoms with van der Waals surface area (Å²) >= 11 is 0. The van der Waals surface area contributed by atoms with E-state index in [0.29, 0.717) is 30.2 Å². The van der Waals surface area contributed by atoms with Crippen LogP contribution in [-0.4, -0.2) is 46.0 Å². The van der Waals surface area contributed by atoms with Crippen LogP contribution in [0.5, 0.6) is 5.75 Å². The lowest BCUT2D eigenvalue weighted by Gasteiger charge is -2.18. The molecule has 1 aliphatic rings. The lowest BCUT2D eigenvalue weighted by Crippen LogP contribution is -2.28. The minimum atomic E-state index is 0.00478. The molecule has 0 spiro atoms. The van der Waals surface area contributed by atoms with Crippen LogP contribution in [0.4, 0.5) is 5.82 Å². The zero-order valence-electron chi connectivity index (χ0n) is 15.6. The molecular weight excluding hydrogens is 354 g/mol. The Bertz CT molecular complexity index is 1010. The predicted octanol–water partition coefficient (Wildman–Crippen LogP) is 2.76. The molecule has 2 N–H and O–H groups in total. The number of nitrogens with two attached hydrogens (primary N) is 1. The van der Waals surface area contributed by atoms with Gasteiger partial charge in [-0.15, -0.1) is 0 Å². The number of aromatic nitrogens is 3. The van der Waals surface area contributed by atoms with Gasteiger partial charge in [0.05, 0.1) is 12.8 Å². The van der Waals surface area contributed by atoms with Gasteiger partial charge in [-0.2, -0.15) is 0 Å². The van der Waals surface area contributed by atoms with E-state index in [1.807, 2.05) is 35.2 Å². The smallest absolute Gasteiger partial charge is 0.254 e. The number of hydrogen-bond acceptors (Lipinski definition) is 6. The summed E-state index contributed by atoms with van der Waals surface area (Å²) in [6.45, 7) is 1.29. The molecule has 0 saturated carbocycles. The number of ether oxygens (including phenoxy) is 1. The number of pyridine rings is 1. The Labute approximate surface area is 163 Å². The lowest BCUT2D eigenvalue weighted by atomic mass is 9.96. The molecule has 3 heterocycles. The molecule has 1 saturated heterocycles. The Morgan fingerprint density at radius 2 is 2.14 bits per heavy atom. The summed E-state index contributed by atoms with van der Waals surface area (Å²) in [5.41, 5.74) is 9.25. The van der Waals surface area contributed by atoms with Gasteiger partial charge in [-0.3, -0.25) is 4.79 Å². The SMILES string of the molecule is COc1cccc(C(=O)N2CCC(c3ncncc3-c3ccnc(N)c3)C2)c1. The second-order valence-electron chi connectivity index (χ2n) is 6.76. The third kappa shape index (κ3) is 3.51. The van der Waals surface area contributed by atoms with Crippen LogP contribution >= 0.6 is 0 Å². The maximum Gasteiger partial charge on any atom is 0.254 e. The van der Waals surface area contributed by atoms with E-state index in [1.54, 1.807) is 31.9 Å². The number of hydrogen-bond donors (Lipinski definition) is 1. The molecule has 1 aliphatic heterocycles. The highest BCUT2D eigenvalue weighted by molar-refractivity contribution is 5.94. The Morgan fingerprint density at radius 3 is 2.96 bits per heavy atom. The van der Waals surface area contributed by atoms with E-state index in [4.69, 9.17) is 10.5 Å².